The molecule has 0 saturated carbocycles. The van der Waals surface area contributed by atoms with Crippen LogP contribution in [0.1, 0.15) is 27.2 Å². The summed E-state index contributed by atoms with van der Waals surface area (Å²) in [6.07, 6.45) is -0.191. The van der Waals surface area contributed by atoms with Gasteiger partial charge in [0.05, 0.1) is 6.42 Å². The summed E-state index contributed by atoms with van der Waals surface area (Å²) in [7, 11) is 0. The molecule has 72 valence electrons. The van der Waals surface area contributed by atoms with E-state index >= 15 is 0 Å². The number of amides is 1. The summed E-state index contributed by atoms with van der Waals surface area (Å²) in [6, 6.07) is 0. The Hall–Kier alpha value is -1.10. The minimum atomic E-state index is -1.00. The molecule has 0 radical (unpaired) electrons. The second-order valence-electron chi connectivity index (χ2n) is 2.01. The van der Waals surface area contributed by atoms with Crippen LogP contribution in [0.15, 0.2) is 0 Å². The van der Waals surface area contributed by atoms with Crippen molar-refractivity contribution in [2.24, 2.45) is 11.8 Å². The van der Waals surface area contributed by atoms with E-state index in [0.717, 1.165) is 0 Å². The van der Waals surface area contributed by atoms with Crippen molar-refractivity contribution in [3.8, 4) is 0 Å². The smallest absolute Gasteiger partial charge is 0.304 e. The molecule has 1 amide bonds. The number of aliphatic carboxylic acids is 1. The summed E-state index contributed by atoms with van der Waals surface area (Å²) in [5, 5.41) is 8.21. The number of carboxylic acids is 1. The quantitative estimate of drug-likeness (QED) is 0.323. The summed E-state index contributed by atoms with van der Waals surface area (Å²) in [5.41, 5.74) is 1.87. The van der Waals surface area contributed by atoms with E-state index in [9.17, 15) is 9.59 Å². The normalized spacial score (nSPS) is 10.7. The van der Waals surface area contributed by atoms with Crippen molar-refractivity contribution >= 4 is 11.9 Å². The first-order valence-corrected chi connectivity index (χ1v) is 3.80. The Morgan fingerprint density at radius 1 is 1.50 bits per heavy atom. The summed E-state index contributed by atoms with van der Waals surface area (Å²) in [5.74, 6) is 2.73. The Kier molecular flexibility index (Phi) is 8.99. The van der Waals surface area contributed by atoms with Crippen molar-refractivity contribution in [2.45, 2.75) is 27.2 Å². The van der Waals surface area contributed by atoms with Gasteiger partial charge in [-0.05, 0) is 0 Å². The molecule has 5 nitrogen and oxygen atoms in total. The van der Waals surface area contributed by atoms with Crippen LogP contribution in [0, 0.1) is 5.92 Å². The first kappa shape index (κ1) is 13.5. The average Bonchev–Trinajstić information content (AvgIpc) is 2.05. The van der Waals surface area contributed by atoms with Crippen LogP contribution in [0.3, 0.4) is 0 Å². The highest BCUT2D eigenvalue weighted by atomic mass is 16.4. The number of hydrogen-bond donors (Lipinski definition) is 3. The fraction of sp³-hybridized carbons (Fsp3) is 0.714. The van der Waals surface area contributed by atoms with Crippen LogP contribution in [0.2, 0.25) is 0 Å². The largest absolute Gasteiger partial charge is 0.481 e. The maximum atomic E-state index is 10.5. The third kappa shape index (κ3) is 7.01. The number of hydrogen-bond acceptors (Lipinski definition) is 3. The molecule has 4 N–H and O–H groups in total. The van der Waals surface area contributed by atoms with Gasteiger partial charge in [-0.1, -0.05) is 20.8 Å². The molecule has 0 rings (SSSR count). The lowest BCUT2D eigenvalue weighted by molar-refractivity contribution is -0.140. The van der Waals surface area contributed by atoms with Gasteiger partial charge in [0, 0.05) is 5.92 Å². The monoisotopic (exact) mass is 176 g/mol. The molecular weight excluding hydrogens is 160 g/mol. The van der Waals surface area contributed by atoms with Crippen LogP contribution in [0.25, 0.3) is 0 Å². The molecule has 0 saturated heterocycles. The second kappa shape index (κ2) is 8.00. The van der Waals surface area contributed by atoms with Crippen LogP contribution < -0.4 is 11.3 Å². The van der Waals surface area contributed by atoms with E-state index in [1.54, 1.807) is 0 Å². The molecule has 5 heteroatoms. The molecule has 0 bridgehead atoms. The van der Waals surface area contributed by atoms with Crippen LogP contribution in [-0.4, -0.2) is 17.0 Å². The lowest BCUT2D eigenvalue weighted by Crippen LogP contribution is -2.35. The Balaban J connectivity index is 0. The second-order valence-corrected chi connectivity index (χ2v) is 2.01. The van der Waals surface area contributed by atoms with Gasteiger partial charge < -0.3 is 5.11 Å². The van der Waals surface area contributed by atoms with Gasteiger partial charge in [-0.25, -0.2) is 5.84 Å². The van der Waals surface area contributed by atoms with Crippen molar-refractivity contribution in [1.29, 1.82) is 0 Å². The van der Waals surface area contributed by atoms with Crippen LogP contribution in [0.4, 0.5) is 0 Å². The number of hydrazine groups is 1. The average molecular weight is 176 g/mol. The van der Waals surface area contributed by atoms with E-state index in [1.807, 2.05) is 19.3 Å². The Morgan fingerprint density at radius 3 is 2.17 bits per heavy atom. The summed E-state index contributed by atoms with van der Waals surface area (Å²) < 4.78 is 0. The summed E-state index contributed by atoms with van der Waals surface area (Å²) in [6.45, 7) is 5.50. The first-order chi connectivity index (χ1) is 5.57. The molecule has 0 fully saturated rings. The van der Waals surface area contributed by atoms with E-state index in [2.05, 4.69) is 0 Å². The minimum Gasteiger partial charge on any atom is -0.481 e. The lowest BCUT2D eigenvalue weighted by atomic mass is 10.1. The zero-order chi connectivity index (χ0) is 10.1. The molecular formula is C7H16N2O3. The molecule has 0 aromatic heterocycles. The topological polar surface area (TPSA) is 92.4 Å². The molecule has 0 aromatic rings. The van der Waals surface area contributed by atoms with Gasteiger partial charge in [0.15, 0.2) is 0 Å². The number of nitrogens with two attached hydrogens (primary N) is 1. The molecule has 1 unspecified atom stereocenters. The van der Waals surface area contributed by atoms with Crippen LogP contribution in [0.5, 0.6) is 0 Å². The van der Waals surface area contributed by atoms with Gasteiger partial charge in [-0.3, -0.25) is 15.0 Å². The van der Waals surface area contributed by atoms with Gasteiger partial charge >= 0.3 is 5.97 Å². The molecule has 0 aliphatic heterocycles. The summed E-state index contributed by atoms with van der Waals surface area (Å²) in [4.78, 5) is 20.6. The molecule has 0 aliphatic carbocycles. The predicted molar refractivity (Wildman–Crippen MR) is 45.1 cm³/mol. The number of rotatable bonds is 3. The van der Waals surface area contributed by atoms with Gasteiger partial charge in [0.25, 0.3) is 0 Å². The van der Waals surface area contributed by atoms with Crippen LogP contribution in [-0.2, 0) is 9.59 Å². The molecule has 0 spiro atoms. The molecule has 12 heavy (non-hydrogen) atoms. The van der Waals surface area contributed by atoms with Gasteiger partial charge in [-0.15, -0.1) is 0 Å². The van der Waals surface area contributed by atoms with Crippen LogP contribution >= 0.6 is 0 Å². The van der Waals surface area contributed by atoms with E-state index in [1.165, 1.54) is 6.92 Å². The molecule has 0 aliphatic rings. The third-order valence-corrected chi connectivity index (χ3v) is 1.07. The highest BCUT2D eigenvalue weighted by molar-refractivity contribution is 5.82. The van der Waals surface area contributed by atoms with Gasteiger partial charge in [-0.2, -0.15) is 0 Å². The van der Waals surface area contributed by atoms with E-state index in [4.69, 9.17) is 10.9 Å². The third-order valence-electron chi connectivity index (χ3n) is 1.07. The Morgan fingerprint density at radius 2 is 1.92 bits per heavy atom. The standard InChI is InChI=1S/C5H10N2O3.C2H6/c1-3(2-4(8)9)5(10)7-6;1-2/h3H,2,6H2,1H3,(H,7,10)(H,8,9);1-2H3. The maximum Gasteiger partial charge on any atom is 0.304 e. The lowest BCUT2D eigenvalue weighted by Gasteiger charge is -2.04. The number of carbonyl (C=O) groups excluding carboxylic acids is 1. The number of carbonyl (C=O) groups is 2. The van der Waals surface area contributed by atoms with E-state index in [-0.39, 0.29) is 6.42 Å². The molecule has 0 heterocycles. The fourth-order valence-corrected chi connectivity index (χ4v) is 0.497. The van der Waals surface area contributed by atoms with Crippen molar-refractivity contribution < 1.29 is 14.7 Å². The zero-order valence-corrected chi connectivity index (χ0v) is 7.63. The van der Waals surface area contributed by atoms with Crippen molar-refractivity contribution in [3.63, 3.8) is 0 Å². The first-order valence-electron chi connectivity index (χ1n) is 3.80. The SMILES string of the molecule is CC.CC(CC(=O)O)C(=O)NN. The van der Waals surface area contributed by atoms with E-state index in [0.29, 0.717) is 0 Å². The zero-order valence-electron chi connectivity index (χ0n) is 7.63. The minimum absolute atomic E-state index is 0.191. The number of carboxylic acid groups (broad SMARTS) is 1. The number of nitrogens with one attached hydrogen (secondary N) is 1. The Labute approximate surface area is 71.9 Å². The predicted octanol–water partition coefficient (Wildman–Crippen LogP) is 0.113. The fourth-order valence-electron chi connectivity index (χ4n) is 0.497. The van der Waals surface area contributed by atoms with Crippen molar-refractivity contribution in [1.82, 2.24) is 5.43 Å². The van der Waals surface area contributed by atoms with Gasteiger partial charge in [0.2, 0.25) is 5.91 Å². The maximum absolute atomic E-state index is 10.5. The van der Waals surface area contributed by atoms with Gasteiger partial charge in [0.1, 0.15) is 0 Å². The Bertz CT molecular complexity index is 148. The van der Waals surface area contributed by atoms with E-state index < -0.39 is 17.8 Å². The molecule has 1 atom stereocenters. The van der Waals surface area contributed by atoms with Crippen molar-refractivity contribution in [3.05, 3.63) is 0 Å². The van der Waals surface area contributed by atoms with Crippen molar-refractivity contribution in [2.75, 3.05) is 0 Å². The summed E-state index contributed by atoms with van der Waals surface area (Å²) >= 11 is 0. The highest BCUT2D eigenvalue weighted by Crippen LogP contribution is 1.99. The molecule has 0 aromatic carbocycles. The highest BCUT2D eigenvalue weighted by Gasteiger charge is 2.14.